The lowest BCUT2D eigenvalue weighted by molar-refractivity contribution is 0.559. The molecule has 0 N–H and O–H groups in total. The topological polar surface area (TPSA) is 30.7 Å². The van der Waals surface area contributed by atoms with Crippen molar-refractivity contribution in [2.24, 2.45) is 0 Å². The van der Waals surface area contributed by atoms with E-state index in [4.69, 9.17) is 0 Å². The normalized spacial score (nSPS) is 11.8. The van der Waals surface area contributed by atoms with Crippen LogP contribution in [0.2, 0.25) is 0 Å². The van der Waals surface area contributed by atoms with Gasteiger partial charge in [0.25, 0.3) is 0 Å². The first-order valence-corrected chi connectivity index (χ1v) is 5.88. The molecule has 0 aromatic carbocycles. The van der Waals surface area contributed by atoms with Crippen LogP contribution in [0.5, 0.6) is 0 Å². The highest BCUT2D eigenvalue weighted by Gasteiger charge is 2.19. The highest BCUT2D eigenvalue weighted by Crippen LogP contribution is 2.22. The van der Waals surface area contributed by atoms with E-state index in [0.717, 1.165) is 22.8 Å². The molecular formula is C14H19N3. The van der Waals surface area contributed by atoms with Gasteiger partial charge in [-0.3, -0.25) is 0 Å². The second-order valence-electron chi connectivity index (χ2n) is 5.53. The van der Waals surface area contributed by atoms with Crippen LogP contribution in [0.4, 0.5) is 0 Å². The van der Waals surface area contributed by atoms with Gasteiger partial charge in [-0.05, 0) is 31.5 Å². The molecule has 0 aliphatic carbocycles. The first-order valence-electron chi connectivity index (χ1n) is 5.88. The van der Waals surface area contributed by atoms with Crippen LogP contribution in [0.1, 0.15) is 37.7 Å². The molecule has 0 unspecified atom stereocenters. The average Bonchev–Trinajstić information content (AvgIpc) is 2.61. The van der Waals surface area contributed by atoms with Gasteiger partial charge >= 0.3 is 0 Å². The van der Waals surface area contributed by atoms with Gasteiger partial charge in [0.2, 0.25) is 0 Å². The van der Waals surface area contributed by atoms with Gasteiger partial charge in [0.1, 0.15) is 0 Å². The largest absolute Gasteiger partial charge is 0.237 e. The Bertz CT molecular complexity index is 515. The SMILES string of the molecule is Cc1ccc(-n2nc(C(C)(C)C)cc2C)nc1. The maximum absolute atomic E-state index is 4.64. The molecule has 3 heteroatoms. The molecule has 2 heterocycles. The first kappa shape index (κ1) is 11.8. The highest BCUT2D eigenvalue weighted by atomic mass is 15.3. The number of nitrogens with zero attached hydrogens (tertiary/aromatic N) is 3. The molecular weight excluding hydrogens is 210 g/mol. The van der Waals surface area contributed by atoms with Crippen molar-refractivity contribution < 1.29 is 0 Å². The Morgan fingerprint density at radius 2 is 1.82 bits per heavy atom. The molecule has 0 spiro atoms. The van der Waals surface area contributed by atoms with Crippen LogP contribution in [0.25, 0.3) is 5.82 Å². The van der Waals surface area contributed by atoms with Crippen LogP contribution in [-0.4, -0.2) is 14.8 Å². The van der Waals surface area contributed by atoms with Gasteiger partial charge in [0, 0.05) is 17.3 Å². The fourth-order valence-corrected chi connectivity index (χ4v) is 1.66. The summed E-state index contributed by atoms with van der Waals surface area (Å²) >= 11 is 0. The molecule has 2 aromatic rings. The van der Waals surface area contributed by atoms with Crippen molar-refractivity contribution in [3.63, 3.8) is 0 Å². The summed E-state index contributed by atoms with van der Waals surface area (Å²) in [6.07, 6.45) is 1.87. The summed E-state index contributed by atoms with van der Waals surface area (Å²) < 4.78 is 1.90. The van der Waals surface area contributed by atoms with E-state index in [9.17, 15) is 0 Å². The fourth-order valence-electron chi connectivity index (χ4n) is 1.66. The summed E-state index contributed by atoms with van der Waals surface area (Å²) in [5.41, 5.74) is 3.44. The predicted molar refractivity (Wildman–Crippen MR) is 69.5 cm³/mol. The van der Waals surface area contributed by atoms with Crippen LogP contribution < -0.4 is 0 Å². The second kappa shape index (κ2) is 3.99. The van der Waals surface area contributed by atoms with Crippen LogP contribution in [0.15, 0.2) is 24.4 Å². The third kappa shape index (κ3) is 2.38. The van der Waals surface area contributed by atoms with E-state index in [1.54, 1.807) is 0 Å². The van der Waals surface area contributed by atoms with Crippen LogP contribution in [0, 0.1) is 13.8 Å². The van der Waals surface area contributed by atoms with E-state index in [2.05, 4.69) is 49.9 Å². The predicted octanol–water partition coefficient (Wildman–Crippen LogP) is 3.18. The monoisotopic (exact) mass is 229 g/mol. The highest BCUT2D eigenvalue weighted by molar-refractivity contribution is 5.29. The second-order valence-corrected chi connectivity index (χ2v) is 5.53. The number of rotatable bonds is 1. The van der Waals surface area contributed by atoms with Crippen molar-refractivity contribution in [1.82, 2.24) is 14.8 Å². The standard InChI is InChI=1S/C14H19N3/c1-10-6-7-13(15-9-10)17-11(2)8-12(16-17)14(3,4)5/h6-9H,1-5H3. The molecule has 2 rings (SSSR count). The van der Waals surface area contributed by atoms with Gasteiger partial charge < -0.3 is 0 Å². The number of hydrogen-bond donors (Lipinski definition) is 0. The Hall–Kier alpha value is -1.64. The van der Waals surface area contributed by atoms with Gasteiger partial charge in [-0.1, -0.05) is 26.8 Å². The Labute approximate surface area is 103 Å². The molecule has 0 aliphatic heterocycles. The summed E-state index contributed by atoms with van der Waals surface area (Å²) in [4.78, 5) is 4.41. The molecule has 0 fully saturated rings. The van der Waals surface area contributed by atoms with Crippen molar-refractivity contribution in [1.29, 1.82) is 0 Å². The van der Waals surface area contributed by atoms with Crippen molar-refractivity contribution >= 4 is 0 Å². The number of aromatic nitrogens is 3. The summed E-state index contributed by atoms with van der Waals surface area (Å²) in [6.45, 7) is 10.6. The summed E-state index contributed by atoms with van der Waals surface area (Å²) in [7, 11) is 0. The molecule has 0 amide bonds. The van der Waals surface area contributed by atoms with Crippen molar-refractivity contribution in [2.75, 3.05) is 0 Å². The molecule has 17 heavy (non-hydrogen) atoms. The Morgan fingerprint density at radius 3 is 2.29 bits per heavy atom. The third-order valence-electron chi connectivity index (χ3n) is 2.77. The Kier molecular flexibility index (Phi) is 2.77. The van der Waals surface area contributed by atoms with Gasteiger partial charge in [-0.2, -0.15) is 5.10 Å². The maximum Gasteiger partial charge on any atom is 0.153 e. The van der Waals surface area contributed by atoms with Crippen LogP contribution >= 0.6 is 0 Å². The van der Waals surface area contributed by atoms with Crippen molar-refractivity contribution in [3.8, 4) is 5.82 Å². The van der Waals surface area contributed by atoms with E-state index >= 15 is 0 Å². The lowest BCUT2D eigenvalue weighted by Gasteiger charge is -2.14. The quantitative estimate of drug-likeness (QED) is 0.752. The molecule has 0 atom stereocenters. The molecule has 3 nitrogen and oxygen atoms in total. The Balaban J connectivity index is 2.46. The summed E-state index contributed by atoms with van der Waals surface area (Å²) in [5, 5.41) is 4.64. The van der Waals surface area contributed by atoms with Gasteiger partial charge in [0.15, 0.2) is 5.82 Å². The maximum atomic E-state index is 4.64. The smallest absolute Gasteiger partial charge is 0.153 e. The lowest BCUT2D eigenvalue weighted by Crippen LogP contribution is -2.12. The number of aryl methyl sites for hydroxylation is 2. The van der Waals surface area contributed by atoms with Crippen LogP contribution in [-0.2, 0) is 5.41 Å². The zero-order valence-electron chi connectivity index (χ0n) is 11.2. The van der Waals surface area contributed by atoms with Gasteiger partial charge in [-0.15, -0.1) is 0 Å². The zero-order chi connectivity index (χ0) is 12.6. The van der Waals surface area contributed by atoms with E-state index in [1.807, 2.05) is 23.9 Å². The van der Waals surface area contributed by atoms with Crippen molar-refractivity contribution in [3.05, 3.63) is 41.3 Å². The third-order valence-corrected chi connectivity index (χ3v) is 2.77. The minimum absolute atomic E-state index is 0.0701. The van der Waals surface area contributed by atoms with Crippen molar-refractivity contribution in [2.45, 2.75) is 40.0 Å². The molecule has 90 valence electrons. The minimum atomic E-state index is 0.0701. The molecule has 0 bridgehead atoms. The van der Waals surface area contributed by atoms with E-state index < -0.39 is 0 Å². The van der Waals surface area contributed by atoms with E-state index in [-0.39, 0.29) is 5.41 Å². The molecule has 2 aromatic heterocycles. The number of hydrogen-bond acceptors (Lipinski definition) is 2. The molecule has 0 radical (unpaired) electrons. The van der Waals surface area contributed by atoms with E-state index in [1.165, 1.54) is 0 Å². The van der Waals surface area contributed by atoms with Gasteiger partial charge in [-0.25, -0.2) is 9.67 Å². The van der Waals surface area contributed by atoms with Crippen LogP contribution in [0.3, 0.4) is 0 Å². The Morgan fingerprint density at radius 1 is 1.12 bits per heavy atom. The van der Waals surface area contributed by atoms with E-state index in [0.29, 0.717) is 0 Å². The average molecular weight is 229 g/mol. The molecule has 0 saturated carbocycles. The summed E-state index contributed by atoms with van der Waals surface area (Å²) in [5.74, 6) is 0.878. The molecule has 0 aliphatic rings. The minimum Gasteiger partial charge on any atom is -0.237 e. The first-order chi connectivity index (χ1) is 7.88. The summed E-state index contributed by atoms with van der Waals surface area (Å²) in [6, 6.07) is 6.18. The molecule has 0 saturated heterocycles. The fraction of sp³-hybridized carbons (Fsp3) is 0.429. The number of pyridine rings is 1. The zero-order valence-corrected chi connectivity index (χ0v) is 11.2. The lowest BCUT2D eigenvalue weighted by atomic mass is 9.92. The van der Waals surface area contributed by atoms with Gasteiger partial charge in [0.05, 0.1) is 5.69 Å².